The molecule has 2 heterocycles. The molecule has 0 spiro atoms. The van der Waals surface area contributed by atoms with Crippen molar-refractivity contribution < 1.29 is 9.53 Å². The third kappa shape index (κ3) is 2.39. The highest BCUT2D eigenvalue weighted by Gasteiger charge is 2.40. The summed E-state index contributed by atoms with van der Waals surface area (Å²) in [5, 5.41) is 12.1. The molecule has 1 amide bonds. The van der Waals surface area contributed by atoms with E-state index in [1.54, 1.807) is 0 Å². The Morgan fingerprint density at radius 3 is 2.89 bits per heavy atom. The van der Waals surface area contributed by atoms with Crippen molar-refractivity contribution in [3.8, 4) is 6.07 Å². The molecule has 1 aliphatic heterocycles. The smallest absolute Gasteiger partial charge is 0.240 e. The Bertz CT molecular complexity index is 467. The van der Waals surface area contributed by atoms with E-state index in [9.17, 15) is 10.1 Å². The molecule has 1 aromatic heterocycles. The molecule has 1 aliphatic rings. The molecule has 2 rings (SSSR count). The summed E-state index contributed by atoms with van der Waals surface area (Å²) < 4.78 is 7.16. The molecule has 5 heteroatoms. The van der Waals surface area contributed by atoms with Crippen LogP contribution in [0.1, 0.15) is 18.5 Å². The Kier molecular flexibility index (Phi) is 3.68. The second-order valence-corrected chi connectivity index (χ2v) is 4.60. The number of aryl methyl sites for hydroxylation is 1. The van der Waals surface area contributed by atoms with Gasteiger partial charge in [0, 0.05) is 32.2 Å². The van der Waals surface area contributed by atoms with Gasteiger partial charge >= 0.3 is 0 Å². The third-order valence-corrected chi connectivity index (χ3v) is 3.48. The summed E-state index contributed by atoms with van der Waals surface area (Å²) in [5.41, 5.74) is 0.104. The zero-order valence-corrected chi connectivity index (χ0v) is 10.5. The minimum absolute atomic E-state index is 0.186. The zero-order chi connectivity index (χ0) is 13.0. The van der Waals surface area contributed by atoms with Crippen LogP contribution in [0.2, 0.25) is 0 Å². The number of carbonyl (C=O) groups is 1. The number of nitriles is 1. The number of nitrogens with zero attached hydrogens (tertiary/aromatic N) is 2. The molecule has 0 radical (unpaired) electrons. The monoisotopic (exact) mass is 247 g/mol. The zero-order valence-electron chi connectivity index (χ0n) is 10.5. The molecule has 0 atom stereocenters. The Balaban J connectivity index is 1.99. The second kappa shape index (κ2) is 5.23. The molecule has 96 valence electrons. The number of carbonyl (C=O) groups excluding carboxylic acids is 1. The van der Waals surface area contributed by atoms with Crippen molar-refractivity contribution in [3.63, 3.8) is 0 Å². The van der Waals surface area contributed by atoms with Gasteiger partial charge in [0.2, 0.25) is 5.91 Å². The summed E-state index contributed by atoms with van der Waals surface area (Å²) in [5.74, 6) is -0.186. The topological polar surface area (TPSA) is 67.0 Å². The first-order valence-corrected chi connectivity index (χ1v) is 6.05. The van der Waals surface area contributed by atoms with Gasteiger partial charge in [-0.25, -0.2) is 0 Å². The number of nitrogens with one attached hydrogen (secondary N) is 1. The maximum absolute atomic E-state index is 12.2. The van der Waals surface area contributed by atoms with E-state index in [4.69, 9.17) is 4.74 Å². The SMILES string of the molecule is Cn1cccc1CNC(=O)C1(C#N)CCOCC1. The predicted octanol–water partition coefficient (Wildman–Crippen LogP) is 0.962. The van der Waals surface area contributed by atoms with Gasteiger partial charge in [-0.1, -0.05) is 0 Å². The Morgan fingerprint density at radius 1 is 1.61 bits per heavy atom. The van der Waals surface area contributed by atoms with Gasteiger partial charge < -0.3 is 14.6 Å². The van der Waals surface area contributed by atoms with Crippen molar-refractivity contribution in [2.24, 2.45) is 12.5 Å². The molecule has 0 saturated carbocycles. The summed E-state index contributed by atoms with van der Waals surface area (Å²) in [6.45, 7) is 1.41. The van der Waals surface area contributed by atoms with Crippen LogP contribution in [0.3, 0.4) is 0 Å². The van der Waals surface area contributed by atoms with Crippen molar-refractivity contribution in [2.75, 3.05) is 13.2 Å². The van der Waals surface area contributed by atoms with Gasteiger partial charge in [0.05, 0.1) is 12.6 Å². The van der Waals surface area contributed by atoms with Crippen molar-refractivity contribution in [1.29, 1.82) is 5.26 Å². The van der Waals surface area contributed by atoms with Gasteiger partial charge in [-0.05, 0) is 25.0 Å². The maximum Gasteiger partial charge on any atom is 0.240 e. The normalized spacial score (nSPS) is 18.0. The molecule has 0 unspecified atom stereocenters. The molecule has 0 bridgehead atoms. The lowest BCUT2D eigenvalue weighted by Crippen LogP contribution is -2.43. The predicted molar refractivity (Wildman–Crippen MR) is 65.4 cm³/mol. The number of hydrogen-bond donors (Lipinski definition) is 1. The largest absolute Gasteiger partial charge is 0.381 e. The Hall–Kier alpha value is -1.80. The van der Waals surface area contributed by atoms with E-state index in [2.05, 4.69) is 11.4 Å². The van der Waals surface area contributed by atoms with Crippen LogP contribution in [0.4, 0.5) is 0 Å². The lowest BCUT2D eigenvalue weighted by atomic mass is 9.81. The first kappa shape index (κ1) is 12.7. The highest BCUT2D eigenvalue weighted by Crippen LogP contribution is 2.29. The van der Waals surface area contributed by atoms with Crippen LogP contribution in [0, 0.1) is 16.7 Å². The van der Waals surface area contributed by atoms with Crippen molar-refractivity contribution in [3.05, 3.63) is 24.0 Å². The van der Waals surface area contributed by atoms with E-state index in [1.165, 1.54) is 0 Å². The van der Waals surface area contributed by atoms with Gasteiger partial charge in [-0.2, -0.15) is 5.26 Å². The fourth-order valence-electron chi connectivity index (χ4n) is 2.13. The van der Waals surface area contributed by atoms with E-state index in [0.29, 0.717) is 32.6 Å². The lowest BCUT2D eigenvalue weighted by molar-refractivity contribution is -0.132. The lowest BCUT2D eigenvalue weighted by Gasteiger charge is -2.29. The molecule has 1 fully saturated rings. The van der Waals surface area contributed by atoms with E-state index < -0.39 is 5.41 Å². The molecule has 1 aromatic rings. The summed E-state index contributed by atoms with van der Waals surface area (Å²) in [6, 6.07) is 6.04. The van der Waals surface area contributed by atoms with Crippen LogP contribution >= 0.6 is 0 Å². The van der Waals surface area contributed by atoms with Crippen molar-refractivity contribution in [1.82, 2.24) is 9.88 Å². The fourth-order valence-corrected chi connectivity index (χ4v) is 2.13. The molecule has 1 N–H and O–H groups in total. The first-order chi connectivity index (χ1) is 8.68. The maximum atomic E-state index is 12.2. The van der Waals surface area contributed by atoms with E-state index >= 15 is 0 Å². The molecular formula is C13H17N3O2. The van der Waals surface area contributed by atoms with Gasteiger partial charge in [0.1, 0.15) is 5.41 Å². The number of rotatable bonds is 3. The molecule has 18 heavy (non-hydrogen) atoms. The molecule has 0 aromatic carbocycles. The van der Waals surface area contributed by atoms with Crippen LogP contribution < -0.4 is 5.32 Å². The first-order valence-electron chi connectivity index (χ1n) is 6.05. The van der Waals surface area contributed by atoms with Crippen LogP contribution in [0.5, 0.6) is 0 Å². The quantitative estimate of drug-likeness (QED) is 0.865. The van der Waals surface area contributed by atoms with Crippen molar-refractivity contribution >= 4 is 5.91 Å². The fraction of sp³-hybridized carbons (Fsp3) is 0.538. The van der Waals surface area contributed by atoms with Crippen LogP contribution in [0.25, 0.3) is 0 Å². The second-order valence-electron chi connectivity index (χ2n) is 4.60. The third-order valence-electron chi connectivity index (χ3n) is 3.48. The summed E-state index contributed by atoms with van der Waals surface area (Å²) in [7, 11) is 1.93. The Morgan fingerprint density at radius 2 is 2.33 bits per heavy atom. The number of hydrogen-bond acceptors (Lipinski definition) is 3. The van der Waals surface area contributed by atoms with Gasteiger partial charge in [0.15, 0.2) is 0 Å². The van der Waals surface area contributed by atoms with Crippen molar-refractivity contribution in [2.45, 2.75) is 19.4 Å². The molecule has 0 aliphatic carbocycles. The molecular weight excluding hydrogens is 230 g/mol. The average Bonchev–Trinajstić information content (AvgIpc) is 2.82. The minimum atomic E-state index is -0.913. The highest BCUT2D eigenvalue weighted by atomic mass is 16.5. The standard InChI is InChI=1S/C13H17N3O2/c1-16-6-2-3-11(16)9-15-12(17)13(10-14)4-7-18-8-5-13/h2-3,6H,4-5,7-9H2,1H3,(H,15,17). The Labute approximate surface area is 106 Å². The highest BCUT2D eigenvalue weighted by molar-refractivity contribution is 5.85. The summed E-state index contributed by atoms with van der Waals surface area (Å²) >= 11 is 0. The number of ether oxygens (including phenoxy) is 1. The van der Waals surface area contributed by atoms with Crippen LogP contribution in [-0.2, 0) is 23.1 Å². The van der Waals surface area contributed by atoms with Crippen LogP contribution in [0.15, 0.2) is 18.3 Å². The molecule has 5 nitrogen and oxygen atoms in total. The van der Waals surface area contributed by atoms with Gasteiger partial charge in [-0.3, -0.25) is 4.79 Å². The molecule has 1 saturated heterocycles. The minimum Gasteiger partial charge on any atom is -0.381 e. The van der Waals surface area contributed by atoms with E-state index in [1.807, 2.05) is 29.9 Å². The number of amides is 1. The van der Waals surface area contributed by atoms with Gasteiger partial charge in [0.25, 0.3) is 0 Å². The summed E-state index contributed by atoms with van der Waals surface area (Å²) in [4.78, 5) is 12.2. The van der Waals surface area contributed by atoms with E-state index in [0.717, 1.165) is 5.69 Å². The average molecular weight is 247 g/mol. The van der Waals surface area contributed by atoms with E-state index in [-0.39, 0.29) is 5.91 Å². The van der Waals surface area contributed by atoms with Crippen LogP contribution in [-0.4, -0.2) is 23.7 Å². The van der Waals surface area contributed by atoms with Gasteiger partial charge in [-0.15, -0.1) is 0 Å². The number of aromatic nitrogens is 1. The summed E-state index contributed by atoms with van der Waals surface area (Å²) in [6.07, 6.45) is 2.88.